The third-order valence-corrected chi connectivity index (χ3v) is 6.12. The van der Waals surface area contributed by atoms with Crippen LogP contribution in [-0.2, 0) is 13.2 Å². The predicted molar refractivity (Wildman–Crippen MR) is 131 cm³/mol. The van der Waals surface area contributed by atoms with Gasteiger partial charge in [0.15, 0.2) is 11.5 Å². The molecule has 3 aromatic carbocycles. The molecule has 0 radical (unpaired) electrons. The molecule has 0 spiro atoms. The lowest BCUT2D eigenvalue weighted by Gasteiger charge is -2.35. The minimum absolute atomic E-state index is 0.0134. The van der Waals surface area contributed by atoms with Crippen molar-refractivity contribution in [3.05, 3.63) is 94.0 Å². The van der Waals surface area contributed by atoms with Gasteiger partial charge in [0.1, 0.15) is 6.61 Å². The van der Waals surface area contributed by atoms with Gasteiger partial charge in [-0.1, -0.05) is 35.9 Å². The molecule has 34 heavy (non-hydrogen) atoms. The fourth-order valence-corrected chi connectivity index (χ4v) is 4.02. The number of hydrogen-bond donors (Lipinski definition) is 0. The monoisotopic (exact) mass is 475 g/mol. The van der Waals surface area contributed by atoms with Crippen molar-refractivity contribution in [3.63, 3.8) is 0 Å². The maximum absolute atomic E-state index is 13.1. The summed E-state index contributed by atoms with van der Waals surface area (Å²) in [7, 11) is 1.57. The first-order valence-corrected chi connectivity index (χ1v) is 11.5. The van der Waals surface area contributed by atoms with E-state index in [4.69, 9.17) is 26.3 Å². The predicted octanol–water partition coefficient (Wildman–Crippen LogP) is 4.76. The Hall–Kier alpha value is -3.53. The highest BCUT2D eigenvalue weighted by atomic mass is 35.5. The number of ether oxygens (including phenoxy) is 2. The molecule has 1 amide bonds. The van der Waals surface area contributed by atoms with E-state index in [0.717, 1.165) is 30.8 Å². The second-order valence-corrected chi connectivity index (χ2v) is 8.59. The number of nitrogens with zero attached hydrogens (tertiary/aromatic N) is 3. The Kier molecular flexibility index (Phi) is 7.69. The van der Waals surface area contributed by atoms with Gasteiger partial charge in [-0.05, 0) is 53.6 Å². The third kappa shape index (κ3) is 5.88. The minimum Gasteiger partial charge on any atom is -0.493 e. The fourth-order valence-electron chi connectivity index (χ4n) is 3.90. The molecule has 6 nitrogen and oxygen atoms in total. The van der Waals surface area contributed by atoms with Crippen LogP contribution in [0, 0.1) is 11.3 Å². The summed E-state index contributed by atoms with van der Waals surface area (Å²) in [5, 5.41) is 9.62. The topological polar surface area (TPSA) is 65.8 Å². The average molecular weight is 476 g/mol. The minimum atomic E-state index is -0.0134. The summed E-state index contributed by atoms with van der Waals surface area (Å²) < 4.78 is 11.4. The van der Waals surface area contributed by atoms with Gasteiger partial charge in [0.05, 0.1) is 18.7 Å². The van der Waals surface area contributed by atoms with Crippen LogP contribution < -0.4 is 9.47 Å². The number of amides is 1. The lowest BCUT2D eigenvalue weighted by atomic mass is 10.1. The van der Waals surface area contributed by atoms with Crippen LogP contribution in [-0.4, -0.2) is 49.0 Å². The normalized spacial score (nSPS) is 13.9. The maximum atomic E-state index is 13.1. The van der Waals surface area contributed by atoms with Crippen molar-refractivity contribution in [2.24, 2.45) is 0 Å². The summed E-state index contributed by atoms with van der Waals surface area (Å²) in [4.78, 5) is 17.3. The molecule has 0 unspecified atom stereocenters. The zero-order valence-corrected chi connectivity index (χ0v) is 19.8. The molecule has 4 rings (SSSR count). The van der Waals surface area contributed by atoms with Crippen LogP contribution in [0.15, 0.2) is 66.7 Å². The van der Waals surface area contributed by atoms with E-state index in [1.165, 1.54) is 0 Å². The summed E-state index contributed by atoms with van der Waals surface area (Å²) in [6.07, 6.45) is 0. The molecule has 7 heteroatoms. The summed E-state index contributed by atoms with van der Waals surface area (Å²) >= 11 is 5.93. The molecule has 0 N–H and O–H groups in total. The lowest BCUT2D eigenvalue weighted by molar-refractivity contribution is 0.0628. The van der Waals surface area contributed by atoms with Gasteiger partial charge in [-0.3, -0.25) is 9.69 Å². The van der Waals surface area contributed by atoms with Crippen LogP contribution in [0.4, 0.5) is 0 Å². The molecule has 0 aliphatic carbocycles. The number of methoxy groups -OCH3 is 1. The van der Waals surface area contributed by atoms with Gasteiger partial charge in [-0.15, -0.1) is 0 Å². The zero-order chi connectivity index (χ0) is 23.9. The Morgan fingerprint density at radius 3 is 2.26 bits per heavy atom. The largest absolute Gasteiger partial charge is 0.493 e. The summed E-state index contributed by atoms with van der Waals surface area (Å²) in [5.41, 5.74) is 3.40. The van der Waals surface area contributed by atoms with E-state index in [-0.39, 0.29) is 5.91 Å². The van der Waals surface area contributed by atoms with Gasteiger partial charge in [-0.2, -0.15) is 5.26 Å². The molecular formula is C27H26ClN3O3. The lowest BCUT2D eigenvalue weighted by Crippen LogP contribution is -2.48. The highest BCUT2D eigenvalue weighted by molar-refractivity contribution is 6.30. The van der Waals surface area contributed by atoms with Gasteiger partial charge in [0.2, 0.25) is 0 Å². The first-order valence-electron chi connectivity index (χ1n) is 11.1. The van der Waals surface area contributed by atoms with Crippen LogP contribution in [0.25, 0.3) is 0 Å². The van der Waals surface area contributed by atoms with Crippen LogP contribution in [0.2, 0.25) is 5.02 Å². The molecule has 0 saturated carbocycles. The molecule has 1 aliphatic rings. The quantitative estimate of drug-likeness (QED) is 0.493. The molecule has 0 atom stereocenters. The molecule has 1 aliphatic heterocycles. The number of rotatable bonds is 7. The fraction of sp³-hybridized carbons (Fsp3) is 0.259. The van der Waals surface area contributed by atoms with Gasteiger partial charge in [-0.25, -0.2) is 0 Å². The highest BCUT2D eigenvalue weighted by Gasteiger charge is 2.23. The Labute approximate surface area is 204 Å². The molecule has 0 bridgehead atoms. The first-order chi connectivity index (χ1) is 16.6. The number of carbonyl (C=O) groups is 1. The van der Waals surface area contributed by atoms with Crippen LogP contribution in [0.5, 0.6) is 11.5 Å². The number of halogens is 1. The van der Waals surface area contributed by atoms with Crippen molar-refractivity contribution in [3.8, 4) is 17.6 Å². The van der Waals surface area contributed by atoms with E-state index in [2.05, 4.69) is 11.0 Å². The summed E-state index contributed by atoms with van der Waals surface area (Å²) in [5.74, 6) is 1.10. The van der Waals surface area contributed by atoms with E-state index in [1.807, 2.05) is 53.4 Å². The van der Waals surface area contributed by atoms with Crippen molar-refractivity contribution in [2.75, 3.05) is 33.3 Å². The summed E-state index contributed by atoms with van der Waals surface area (Å²) in [6, 6.07) is 22.6. The van der Waals surface area contributed by atoms with Crippen molar-refractivity contribution in [1.29, 1.82) is 5.26 Å². The van der Waals surface area contributed by atoms with Gasteiger partial charge in [0.25, 0.3) is 5.91 Å². The van der Waals surface area contributed by atoms with Crippen molar-refractivity contribution in [2.45, 2.75) is 13.2 Å². The Morgan fingerprint density at radius 2 is 1.62 bits per heavy atom. The zero-order valence-electron chi connectivity index (χ0n) is 19.0. The highest BCUT2D eigenvalue weighted by Crippen LogP contribution is 2.29. The number of carbonyl (C=O) groups excluding carboxylic acids is 1. The van der Waals surface area contributed by atoms with E-state index >= 15 is 0 Å². The van der Waals surface area contributed by atoms with Crippen molar-refractivity contribution in [1.82, 2.24) is 9.80 Å². The Bertz CT molecular complexity index is 1170. The van der Waals surface area contributed by atoms with Crippen molar-refractivity contribution < 1.29 is 14.3 Å². The van der Waals surface area contributed by atoms with Gasteiger partial charge < -0.3 is 14.4 Å². The van der Waals surface area contributed by atoms with Gasteiger partial charge >= 0.3 is 0 Å². The maximum Gasteiger partial charge on any atom is 0.254 e. The standard InChI is InChI=1S/C27H26ClN3O3/c1-33-26-16-23(8-11-25(26)34-19-22-6-9-24(28)10-7-22)27(32)31-14-12-30(13-15-31)18-21-4-2-20(17-29)3-5-21/h2-11,16H,12-15,18-19H2,1H3. The second kappa shape index (κ2) is 11.1. The molecule has 1 heterocycles. The number of hydrogen-bond acceptors (Lipinski definition) is 5. The van der Waals surface area contributed by atoms with Crippen molar-refractivity contribution >= 4 is 17.5 Å². The van der Waals surface area contributed by atoms with Crippen LogP contribution in [0.1, 0.15) is 27.0 Å². The molecule has 1 saturated heterocycles. The van der Waals surface area contributed by atoms with Crippen LogP contribution in [0.3, 0.4) is 0 Å². The summed E-state index contributed by atoms with van der Waals surface area (Å²) in [6.45, 7) is 4.10. The smallest absolute Gasteiger partial charge is 0.254 e. The Balaban J connectivity index is 1.33. The van der Waals surface area contributed by atoms with Gasteiger partial charge in [0, 0.05) is 43.3 Å². The molecular weight excluding hydrogens is 450 g/mol. The van der Waals surface area contributed by atoms with E-state index in [0.29, 0.717) is 47.3 Å². The van der Waals surface area contributed by atoms with E-state index in [1.54, 1.807) is 25.3 Å². The molecule has 3 aromatic rings. The molecule has 1 fully saturated rings. The molecule has 0 aromatic heterocycles. The van der Waals surface area contributed by atoms with E-state index in [9.17, 15) is 4.79 Å². The number of piperazine rings is 1. The van der Waals surface area contributed by atoms with Crippen LogP contribution >= 0.6 is 11.6 Å². The number of nitriles is 1. The van der Waals surface area contributed by atoms with E-state index < -0.39 is 0 Å². The third-order valence-electron chi connectivity index (χ3n) is 5.87. The number of benzene rings is 3. The molecule has 174 valence electrons. The Morgan fingerprint density at radius 1 is 0.941 bits per heavy atom. The average Bonchev–Trinajstić information content (AvgIpc) is 2.89. The SMILES string of the molecule is COc1cc(C(=O)N2CCN(Cc3ccc(C#N)cc3)CC2)ccc1OCc1ccc(Cl)cc1. The first kappa shape index (κ1) is 23.6. The second-order valence-electron chi connectivity index (χ2n) is 8.16.